The van der Waals surface area contributed by atoms with Gasteiger partial charge in [-0.25, -0.2) is 0 Å². The van der Waals surface area contributed by atoms with Gasteiger partial charge in [-0.2, -0.15) is 0 Å². The lowest BCUT2D eigenvalue weighted by Gasteiger charge is -2.11. The number of hydrogen-bond donors (Lipinski definition) is 1. The van der Waals surface area contributed by atoms with Crippen molar-refractivity contribution in [2.45, 2.75) is 52.4 Å². The van der Waals surface area contributed by atoms with Crippen LogP contribution in [0.3, 0.4) is 0 Å². The number of aryl methyl sites for hydroxylation is 1. The quantitative estimate of drug-likeness (QED) is 0.0940. The predicted molar refractivity (Wildman–Crippen MR) is 142 cm³/mol. The summed E-state index contributed by atoms with van der Waals surface area (Å²) in [6.07, 6.45) is 18.1. The first-order chi connectivity index (χ1) is 15.9. The Morgan fingerprint density at radius 2 is 1.97 bits per heavy atom. The smallest absolute Gasteiger partial charge is 0.318 e. The molecule has 0 saturated carbocycles. The lowest BCUT2D eigenvalue weighted by molar-refractivity contribution is -0.144. The number of benzene rings is 1. The second-order valence-corrected chi connectivity index (χ2v) is 8.05. The van der Waals surface area contributed by atoms with Crippen LogP contribution in [0.5, 0.6) is 0 Å². The van der Waals surface area contributed by atoms with Gasteiger partial charge in [0.05, 0.1) is 6.61 Å². The maximum Gasteiger partial charge on any atom is 0.318 e. The molecule has 0 saturated heterocycles. The van der Waals surface area contributed by atoms with Crippen molar-refractivity contribution in [3.63, 3.8) is 0 Å². The van der Waals surface area contributed by atoms with Gasteiger partial charge in [0.25, 0.3) is 0 Å². The Kier molecular flexibility index (Phi) is 13.9. The summed E-state index contributed by atoms with van der Waals surface area (Å²) < 4.78 is 5.27. The number of rotatable bonds is 16. The van der Waals surface area contributed by atoms with E-state index in [9.17, 15) is 4.79 Å². The van der Waals surface area contributed by atoms with E-state index in [4.69, 9.17) is 10.1 Å². The fourth-order valence-corrected chi connectivity index (χ4v) is 3.20. The Morgan fingerprint density at radius 3 is 2.64 bits per heavy atom. The van der Waals surface area contributed by atoms with Crippen molar-refractivity contribution in [2.75, 3.05) is 6.61 Å². The van der Waals surface area contributed by atoms with Gasteiger partial charge in [0.1, 0.15) is 5.92 Å². The summed E-state index contributed by atoms with van der Waals surface area (Å²) in [5.41, 5.74) is 5.39. The SMILES string of the molecule is C=CC/C=C\C(=C/C(=C)/C(C)=C/C(C=N)C(=O)OCCCC)CCc1cccc(CC=C)c1. The van der Waals surface area contributed by atoms with Crippen LogP contribution in [-0.4, -0.2) is 18.8 Å². The van der Waals surface area contributed by atoms with Crippen molar-refractivity contribution in [1.82, 2.24) is 0 Å². The molecular formula is C30H39NO2. The van der Waals surface area contributed by atoms with Gasteiger partial charge in [-0.1, -0.05) is 80.6 Å². The molecule has 1 unspecified atom stereocenters. The van der Waals surface area contributed by atoms with Crippen LogP contribution in [0.4, 0.5) is 0 Å². The summed E-state index contributed by atoms with van der Waals surface area (Å²) in [6, 6.07) is 8.59. The zero-order valence-corrected chi connectivity index (χ0v) is 20.3. The molecule has 0 bridgehead atoms. The molecule has 0 aromatic heterocycles. The highest BCUT2D eigenvalue weighted by molar-refractivity contribution is 5.91. The fraction of sp³-hybridized carbons (Fsp3) is 0.333. The maximum atomic E-state index is 12.2. The minimum absolute atomic E-state index is 0.389. The molecule has 0 heterocycles. The maximum absolute atomic E-state index is 12.2. The molecule has 1 aromatic carbocycles. The van der Waals surface area contributed by atoms with Gasteiger partial charge in [-0.3, -0.25) is 4.79 Å². The molecule has 0 radical (unpaired) electrons. The van der Waals surface area contributed by atoms with Gasteiger partial charge in [0.15, 0.2) is 0 Å². The third-order valence-electron chi connectivity index (χ3n) is 5.20. The highest BCUT2D eigenvalue weighted by atomic mass is 16.5. The van der Waals surface area contributed by atoms with E-state index in [-0.39, 0.29) is 5.97 Å². The Bertz CT molecular complexity index is 902. The van der Waals surface area contributed by atoms with Gasteiger partial charge in [-0.15, -0.1) is 13.2 Å². The molecule has 3 heteroatoms. The van der Waals surface area contributed by atoms with Crippen LogP contribution in [0, 0.1) is 11.3 Å². The van der Waals surface area contributed by atoms with Crippen LogP contribution >= 0.6 is 0 Å². The number of allylic oxidation sites excluding steroid dienone is 8. The van der Waals surface area contributed by atoms with E-state index >= 15 is 0 Å². The Balaban J connectivity index is 2.96. The van der Waals surface area contributed by atoms with Crippen molar-refractivity contribution in [2.24, 2.45) is 5.92 Å². The van der Waals surface area contributed by atoms with E-state index in [2.05, 4.69) is 62.2 Å². The number of unbranched alkanes of at least 4 members (excludes halogenated alkanes) is 1. The molecule has 3 nitrogen and oxygen atoms in total. The number of hydrogen-bond acceptors (Lipinski definition) is 3. The van der Waals surface area contributed by atoms with Crippen molar-refractivity contribution < 1.29 is 9.53 Å². The highest BCUT2D eigenvalue weighted by Gasteiger charge is 2.15. The number of carbonyl (C=O) groups is 1. The van der Waals surface area contributed by atoms with Crippen LogP contribution in [-0.2, 0) is 22.4 Å². The average molecular weight is 446 g/mol. The average Bonchev–Trinajstić information content (AvgIpc) is 2.81. The minimum atomic E-state index is -0.695. The number of esters is 1. The summed E-state index contributed by atoms with van der Waals surface area (Å²) in [7, 11) is 0. The van der Waals surface area contributed by atoms with Crippen molar-refractivity contribution in [1.29, 1.82) is 5.41 Å². The van der Waals surface area contributed by atoms with Gasteiger partial charge in [-0.05, 0) is 66.9 Å². The lowest BCUT2D eigenvalue weighted by atomic mass is 9.97. The molecule has 0 spiro atoms. The second-order valence-electron chi connectivity index (χ2n) is 8.05. The molecule has 0 amide bonds. The van der Waals surface area contributed by atoms with E-state index in [1.54, 1.807) is 6.08 Å². The zero-order valence-electron chi connectivity index (χ0n) is 20.3. The van der Waals surface area contributed by atoms with E-state index in [1.165, 1.54) is 11.1 Å². The molecule has 1 aromatic rings. The fourth-order valence-electron chi connectivity index (χ4n) is 3.20. The Labute approximate surface area is 200 Å². The standard InChI is InChI=1S/C30H39NO2/c1-6-9-11-14-27(17-18-28-16-12-15-26(22-28)13-8-3)20-24(4)25(5)21-29(23-31)30(32)33-19-10-7-2/h6,8,11-12,14-16,20-23,29,31H,1,3-4,7,9-10,13,17-19H2,2,5H3/b14-11-,25-21+,27-20+,31-23?. The largest absolute Gasteiger partial charge is 0.465 e. The summed E-state index contributed by atoms with van der Waals surface area (Å²) >= 11 is 0. The minimum Gasteiger partial charge on any atom is -0.465 e. The molecule has 0 fully saturated rings. The van der Waals surface area contributed by atoms with Crippen molar-refractivity contribution in [3.05, 3.63) is 108 Å². The first kappa shape index (κ1) is 27.8. The number of ether oxygens (including phenoxy) is 1. The molecule has 176 valence electrons. The van der Waals surface area contributed by atoms with Crippen LogP contribution in [0.15, 0.2) is 97.2 Å². The van der Waals surface area contributed by atoms with Gasteiger partial charge in [0.2, 0.25) is 0 Å². The lowest BCUT2D eigenvalue weighted by Crippen LogP contribution is -2.18. The molecule has 0 aliphatic heterocycles. The van der Waals surface area contributed by atoms with Crippen molar-refractivity contribution >= 4 is 12.2 Å². The highest BCUT2D eigenvalue weighted by Crippen LogP contribution is 2.19. The molecule has 1 N–H and O–H groups in total. The van der Waals surface area contributed by atoms with Gasteiger partial charge < -0.3 is 10.1 Å². The topological polar surface area (TPSA) is 50.2 Å². The van der Waals surface area contributed by atoms with E-state index in [0.717, 1.165) is 61.5 Å². The van der Waals surface area contributed by atoms with Crippen molar-refractivity contribution in [3.8, 4) is 0 Å². The first-order valence-corrected chi connectivity index (χ1v) is 11.7. The van der Waals surface area contributed by atoms with E-state index in [0.29, 0.717) is 6.61 Å². The summed E-state index contributed by atoms with van der Waals surface area (Å²) in [5, 5.41) is 7.62. The van der Waals surface area contributed by atoms with Crippen LogP contribution in [0.25, 0.3) is 0 Å². The third-order valence-corrected chi connectivity index (χ3v) is 5.20. The normalized spacial score (nSPS) is 12.9. The molecule has 1 atom stereocenters. The van der Waals surface area contributed by atoms with Gasteiger partial charge >= 0.3 is 5.97 Å². The Hall–Kier alpha value is -3.20. The molecule has 0 aliphatic carbocycles. The van der Waals surface area contributed by atoms with Crippen LogP contribution < -0.4 is 0 Å². The summed E-state index contributed by atoms with van der Waals surface area (Å²) in [4.78, 5) is 12.2. The van der Waals surface area contributed by atoms with E-state index in [1.807, 2.05) is 26.0 Å². The van der Waals surface area contributed by atoms with E-state index < -0.39 is 5.92 Å². The monoisotopic (exact) mass is 445 g/mol. The second kappa shape index (κ2) is 16.4. The Morgan fingerprint density at radius 1 is 1.21 bits per heavy atom. The third kappa shape index (κ3) is 11.3. The zero-order chi connectivity index (χ0) is 24.5. The number of nitrogens with one attached hydrogen (secondary N) is 1. The molecule has 1 rings (SSSR count). The molecule has 0 aliphatic rings. The number of carbonyl (C=O) groups excluding carboxylic acids is 1. The molecular weight excluding hydrogens is 406 g/mol. The predicted octanol–water partition coefficient (Wildman–Crippen LogP) is 7.52. The summed E-state index contributed by atoms with van der Waals surface area (Å²) in [6.45, 7) is 16.2. The van der Waals surface area contributed by atoms with Gasteiger partial charge in [0, 0.05) is 6.21 Å². The van der Waals surface area contributed by atoms with Crippen LogP contribution in [0.2, 0.25) is 0 Å². The first-order valence-electron chi connectivity index (χ1n) is 11.7. The summed E-state index contributed by atoms with van der Waals surface area (Å²) in [5.74, 6) is -1.08. The molecule has 33 heavy (non-hydrogen) atoms. The van der Waals surface area contributed by atoms with Crippen LogP contribution in [0.1, 0.15) is 50.7 Å².